The Kier molecular flexibility index (Phi) is 3.09. The lowest BCUT2D eigenvalue weighted by atomic mass is 10.2. The second kappa shape index (κ2) is 4.31. The third kappa shape index (κ3) is 2.09. The maximum absolute atomic E-state index is 11.2. The molecule has 0 aliphatic carbocycles. The minimum atomic E-state index is -0.381. The molecule has 0 amide bonds. The van der Waals surface area contributed by atoms with Crippen LogP contribution in [-0.4, -0.2) is 17.6 Å². The summed E-state index contributed by atoms with van der Waals surface area (Å²) in [6, 6.07) is 3.58. The Bertz CT molecular complexity index is 336. The van der Waals surface area contributed by atoms with Gasteiger partial charge in [-0.05, 0) is 13.0 Å². The van der Waals surface area contributed by atoms with Gasteiger partial charge in [-0.3, -0.25) is 0 Å². The number of esters is 1. The Hall–Kier alpha value is -1.76. The van der Waals surface area contributed by atoms with E-state index >= 15 is 0 Å². The van der Waals surface area contributed by atoms with E-state index in [0.29, 0.717) is 17.9 Å². The number of aromatic nitrogens is 1. The van der Waals surface area contributed by atoms with Crippen LogP contribution in [0, 0.1) is 11.3 Å². The van der Waals surface area contributed by atoms with Crippen LogP contribution in [0.25, 0.3) is 0 Å². The molecule has 0 saturated heterocycles. The van der Waals surface area contributed by atoms with Crippen molar-refractivity contribution in [3.05, 3.63) is 23.5 Å². The zero-order valence-corrected chi connectivity index (χ0v) is 7.33. The number of hydrogen-bond donors (Lipinski definition) is 1. The van der Waals surface area contributed by atoms with Crippen LogP contribution in [0.1, 0.15) is 23.0 Å². The highest BCUT2D eigenvalue weighted by Gasteiger charge is 2.12. The molecule has 0 fully saturated rings. The third-order valence-electron chi connectivity index (χ3n) is 1.58. The summed E-state index contributed by atoms with van der Waals surface area (Å²) in [5, 5.41) is 8.45. The quantitative estimate of drug-likeness (QED) is 0.708. The van der Waals surface area contributed by atoms with Crippen molar-refractivity contribution < 1.29 is 9.53 Å². The van der Waals surface area contributed by atoms with Gasteiger partial charge in [0.05, 0.1) is 24.7 Å². The lowest BCUT2D eigenvalue weighted by Gasteiger charge is -2.00. The van der Waals surface area contributed by atoms with Gasteiger partial charge in [0, 0.05) is 11.9 Å². The van der Waals surface area contributed by atoms with Crippen LogP contribution in [-0.2, 0) is 11.2 Å². The topological polar surface area (TPSA) is 65.9 Å². The molecule has 1 rings (SSSR count). The van der Waals surface area contributed by atoms with E-state index in [9.17, 15) is 4.79 Å². The van der Waals surface area contributed by atoms with Gasteiger partial charge in [0.2, 0.25) is 0 Å². The van der Waals surface area contributed by atoms with Crippen LogP contribution in [0.5, 0.6) is 0 Å². The molecule has 0 radical (unpaired) electrons. The highest BCUT2D eigenvalue weighted by atomic mass is 16.5. The second-order valence-electron chi connectivity index (χ2n) is 2.43. The van der Waals surface area contributed by atoms with Gasteiger partial charge >= 0.3 is 5.97 Å². The highest BCUT2D eigenvalue weighted by Crippen LogP contribution is 2.08. The molecular formula is C9H10N2O2. The molecule has 0 saturated carbocycles. The Balaban J connectivity index is 2.82. The number of nitriles is 1. The van der Waals surface area contributed by atoms with Crippen LogP contribution in [0.3, 0.4) is 0 Å². The maximum atomic E-state index is 11.2. The maximum Gasteiger partial charge on any atom is 0.339 e. The molecule has 68 valence electrons. The van der Waals surface area contributed by atoms with Gasteiger partial charge in [-0.25, -0.2) is 4.79 Å². The number of carbonyl (C=O) groups excluding carboxylic acids is 1. The van der Waals surface area contributed by atoms with E-state index in [-0.39, 0.29) is 12.4 Å². The van der Waals surface area contributed by atoms with Crippen molar-refractivity contribution >= 4 is 5.97 Å². The number of nitrogens with zero attached hydrogens (tertiary/aromatic N) is 1. The molecule has 0 aliphatic rings. The lowest BCUT2D eigenvalue weighted by molar-refractivity contribution is 0.0525. The summed E-state index contributed by atoms with van der Waals surface area (Å²) in [5.41, 5.74) is 1.06. The number of H-pyrrole nitrogens is 1. The number of ether oxygens (including phenoxy) is 1. The zero-order chi connectivity index (χ0) is 9.68. The Morgan fingerprint density at radius 3 is 3.15 bits per heavy atom. The van der Waals surface area contributed by atoms with Crippen molar-refractivity contribution in [3.8, 4) is 6.07 Å². The van der Waals surface area contributed by atoms with Gasteiger partial charge in [0.25, 0.3) is 0 Å². The zero-order valence-electron chi connectivity index (χ0n) is 7.33. The fourth-order valence-corrected chi connectivity index (χ4v) is 1.03. The van der Waals surface area contributed by atoms with Gasteiger partial charge in [0.15, 0.2) is 0 Å². The Morgan fingerprint density at radius 2 is 2.54 bits per heavy atom. The van der Waals surface area contributed by atoms with E-state index in [1.807, 2.05) is 6.07 Å². The molecule has 4 nitrogen and oxygen atoms in total. The summed E-state index contributed by atoms with van der Waals surface area (Å²) in [7, 11) is 0. The summed E-state index contributed by atoms with van der Waals surface area (Å²) in [5.74, 6) is -0.381. The first kappa shape index (κ1) is 9.33. The molecule has 1 aromatic rings. The van der Waals surface area contributed by atoms with Gasteiger partial charge in [-0.2, -0.15) is 5.26 Å². The number of rotatable bonds is 3. The first-order chi connectivity index (χ1) is 6.29. The van der Waals surface area contributed by atoms with E-state index in [4.69, 9.17) is 10.00 Å². The molecule has 0 unspecified atom stereocenters. The van der Waals surface area contributed by atoms with E-state index in [2.05, 4.69) is 4.98 Å². The normalized spacial score (nSPS) is 9.23. The predicted molar refractivity (Wildman–Crippen MR) is 46.1 cm³/mol. The third-order valence-corrected chi connectivity index (χ3v) is 1.58. The first-order valence-electron chi connectivity index (χ1n) is 4.00. The number of hydrogen-bond acceptors (Lipinski definition) is 3. The molecular weight excluding hydrogens is 168 g/mol. The summed E-state index contributed by atoms with van der Waals surface area (Å²) in [6.07, 6.45) is 1.82. The van der Waals surface area contributed by atoms with E-state index in [0.717, 1.165) is 0 Å². The predicted octanol–water partition coefficient (Wildman–Crippen LogP) is 1.26. The van der Waals surface area contributed by atoms with Crippen molar-refractivity contribution in [3.63, 3.8) is 0 Å². The minimum absolute atomic E-state index is 0.196. The van der Waals surface area contributed by atoms with Gasteiger partial charge in [0.1, 0.15) is 0 Å². The first-order valence-corrected chi connectivity index (χ1v) is 4.00. The van der Waals surface area contributed by atoms with Crippen LogP contribution < -0.4 is 0 Å². The molecule has 0 spiro atoms. The fraction of sp³-hybridized carbons (Fsp3) is 0.333. The van der Waals surface area contributed by atoms with Gasteiger partial charge < -0.3 is 9.72 Å². The minimum Gasteiger partial charge on any atom is -0.462 e. The standard InChI is InChI=1S/C9H10N2O2/c1-2-13-9(12)7-4-6-11-8(7)3-5-10/h4,6,11H,2-3H2,1H3. The lowest BCUT2D eigenvalue weighted by Crippen LogP contribution is -2.06. The Morgan fingerprint density at radius 1 is 1.77 bits per heavy atom. The van der Waals surface area contributed by atoms with Gasteiger partial charge in [-0.15, -0.1) is 0 Å². The largest absolute Gasteiger partial charge is 0.462 e. The van der Waals surface area contributed by atoms with Crippen molar-refractivity contribution in [2.45, 2.75) is 13.3 Å². The number of carbonyl (C=O) groups is 1. The van der Waals surface area contributed by atoms with Crippen LogP contribution in [0.2, 0.25) is 0 Å². The smallest absolute Gasteiger partial charge is 0.339 e. The van der Waals surface area contributed by atoms with Gasteiger partial charge in [-0.1, -0.05) is 0 Å². The monoisotopic (exact) mass is 178 g/mol. The fourth-order valence-electron chi connectivity index (χ4n) is 1.03. The summed E-state index contributed by atoms with van der Waals surface area (Å²) in [6.45, 7) is 2.09. The molecule has 0 aliphatic heterocycles. The van der Waals surface area contributed by atoms with E-state index in [1.165, 1.54) is 0 Å². The molecule has 1 heterocycles. The van der Waals surface area contributed by atoms with Crippen molar-refractivity contribution in [1.82, 2.24) is 4.98 Å². The molecule has 4 heteroatoms. The molecule has 1 N–H and O–H groups in total. The SMILES string of the molecule is CCOC(=O)c1cc[nH]c1CC#N. The molecule has 13 heavy (non-hydrogen) atoms. The average Bonchev–Trinajstić information content (AvgIpc) is 2.54. The van der Waals surface area contributed by atoms with E-state index < -0.39 is 0 Å². The summed E-state index contributed by atoms with van der Waals surface area (Å²) in [4.78, 5) is 14.1. The number of nitrogens with one attached hydrogen (secondary N) is 1. The van der Waals surface area contributed by atoms with Crippen molar-refractivity contribution in [2.24, 2.45) is 0 Å². The molecule has 0 aromatic carbocycles. The molecule has 1 aromatic heterocycles. The summed E-state index contributed by atoms with van der Waals surface area (Å²) >= 11 is 0. The van der Waals surface area contributed by atoms with Crippen molar-refractivity contribution in [2.75, 3.05) is 6.61 Å². The average molecular weight is 178 g/mol. The van der Waals surface area contributed by atoms with Crippen LogP contribution in [0.15, 0.2) is 12.3 Å². The second-order valence-corrected chi connectivity index (χ2v) is 2.43. The molecule has 0 bridgehead atoms. The highest BCUT2D eigenvalue weighted by molar-refractivity contribution is 5.90. The van der Waals surface area contributed by atoms with E-state index in [1.54, 1.807) is 19.2 Å². The van der Waals surface area contributed by atoms with Crippen molar-refractivity contribution in [1.29, 1.82) is 5.26 Å². The molecule has 0 atom stereocenters. The van der Waals surface area contributed by atoms with Crippen LogP contribution in [0.4, 0.5) is 0 Å². The van der Waals surface area contributed by atoms with Crippen LogP contribution >= 0.6 is 0 Å². The summed E-state index contributed by atoms with van der Waals surface area (Å²) < 4.78 is 4.80. The Labute approximate surface area is 76.1 Å². The number of aromatic amines is 1.